The van der Waals surface area contributed by atoms with Crippen molar-refractivity contribution in [1.29, 1.82) is 0 Å². The highest BCUT2D eigenvalue weighted by Gasteiger charge is 2.62. The van der Waals surface area contributed by atoms with Crippen molar-refractivity contribution >= 4 is 0 Å². The topological polar surface area (TPSA) is 85.8 Å². The molecule has 12 heteroatoms. The van der Waals surface area contributed by atoms with Crippen LogP contribution in [0.5, 0.6) is 0 Å². The maximum Gasteiger partial charge on any atom is 0.404 e. The van der Waals surface area contributed by atoms with Crippen molar-refractivity contribution in [2.45, 2.75) is 31.1 Å². The van der Waals surface area contributed by atoms with Gasteiger partial charge in [-0.3, -0.25) is 9.88 Å². The molecular weight excluding hydrogens is 394 g/mol. The van der Waals surface area contributed by atoms with Crippen LogP contribution < -0.4 is 0 Å². The molecule has 8 nitrogen and oxygen atoms in total. The molecule has 0 aromatic carbocycles. The van der Waals surface area contributed by atoms with Gasteiger partial charge in [0.25, 0.3) is 0 Å². The van der Waals surface area contributed by atoms with Crippen LogP contribution in [-0.2, 0) is 18.5 Å². The highest BCUT2D eigenvalue weighted by Crippen LogP contribution is 2.47. The summed E-state index contributed by atoms with van der Waals surface area (Å²) in [4.78, 5) is 13.6. The standard InChI is InChI=1S/C17H17F4N7O/c18-4-7-28-13(23-11-24-28)9-27-6-3-16(10-27,17(19,20)21)15-25-14(26-29-15)12-2-1-5-22-8-12/h1-2,5,8,11H,3-4,6-7,9-10H2. The lowest BCUT2D eigenvalue weighted by Crippen LogP contribution is -2.45. The van der Waals surface area contributed by atoms with Crippen molar-refractivity contribution < 1.29 is 22.1 Å². The van der Waals surface area contributed by atoms with Gasteiger partial charge in [0.05, 0.1) is 13.1 Å². The van der Waals surface area contributed by atoms with E-state index in [0.717, 1.165) is 0 Å². The average Bonchev–Trinajstić information content (AvgIpc) is 3.43. The first-order chi connectivity index (χ1) is 13.9. The van der Waals surface area contributed by atoms with Gasteiger partial charge in [0.2, 0.25) is 11.7 Å². The number of aromatic nitrogens is 6. The van der Waals surface area contributed by atoms with Crippen molar-refractivity contribution in [2.75, 3.05) is 19.8 Å². The molecule has 0 bridgehead atoms. The zero-order chi connectivity index (χ0) is 20.5. The maximum atomic E-state index is 14.1. The molecule has 1 unspecified atom stereocenters. The first-order valence-electron chi connectivity index (χ1n) is 8.89. The fraction of sp³-hybridized carbons (Fsp3) is 0.471. The molecule has 4 heterocycles. The van der Waals surface area contributed by atoms with Gasteiger partial charge in [-0.2, -0.15) is 23.3 Å². The second-order valence-electron chi connectivity index (χ2n) is 6.79. The van der Waals surface area contributed by atoms with Crippen molar-refractivity contribution in [2.24, 2.45) is 0 Å². The van der Waals surface area contributed by atoms with E-state index in [2.05, 4.69) is 25.2 Å². The molecule has 29 heavy (non-hydrogen) atoms. The SMILES string of the molecule is FCCn1ncnc1CN1CCC(c2nc(-c3cccnc3)no2)(C(F)(F)F)C1. The summed E-state index contributed by atoms with van der Waals surface area (Å²) in [5.74, 6) is -0.0170. The van der Waals surface area contributed by atoms with Crippen molar-refractivity contribution in [1.82, 2.24) is 34.8 Å². The van der Waals surface area contributed by atoms with E-state index in [9.17, 15) is 17.6 Å². The predicted octanol–water partition coefficient (Wildman–Crippen LogP) is 2.40. The highest BCUT2D eigenvalue weighted by atomic mass is 19.4. The summed E-state index contributed by atoms with van der Waals surface area (Å²) in [6.45, 7) is -0.741. The van der Waals surface area contributed by atoms with E-state index in [0.29, 0.717) is 11.4 Å². The monoisotopic (exact) mass is 411 g/mol. The smallest absolute Gasteiger partial charge is 0.338 e. The van der Waals surface area contributed by atoms with Crippen LogP contribution in [0.25, 0.3) is 11.4 Å². The van der Waals surface area contributed by atoms with Crippen LogP contribution in [0.15, 0.2) is 35.4 Å². The summed E-state index contributed by atoms with van der Waals surface area (Å²) in [6.07, 6.45) is -0.572. The Balaban J connectivity index is 1.59. The molecule has 3 aromatic heterocycles. The first-order valence-corrected chi connectivity index (χ1v) is 8.89. The number of rotatable bonds is 6. The van der Waals surface area contributed by atoms with Gasteiger partial charge in [0, 0.05) is 31.0 Å². The van der Waals surface area contributed by atoms with Crippen LogP contribution >= 0.6 is 0 Å². The number of alkyl halides is 4. The molecule has 154 valence electrons. The van der Waals surface area contributed by atoms with E-state index in [1.165, 1.54) is 23.4 Å². The Morgan fingerprint density at radius 2 is 2.14 bits per heavy atom. The number of nitrogens with zero attached hydrogens (tertiary/aromatic N) is 7. The van der Waals surface area contributed by atoms with E-state index in [1.54, 1.807) is 17.0 Å². The molecule has 1 fully saturated rings. The van der Waals surface area contributed by atoms with Crippen LogP contribution in [0.2, 0.25) is 0 Å². The zero-order valence-corrected chi connectivity index (χ0v) is 15.2. The normalized spacial score (nSPS) is 20.4. The summed E-state index contributed by atoms with van der Waals surface area (Å²) in [6, 6.07) is 3.27. The Bertz CT molecular complexity index is 958. The lowest BCUT2D eigenvalue weighted by atomic mass is 9.86. The number of pyridine rings is 1. The molecule has 0 amide bonds. The minimum atomic E-state index is -4.59. The van der Waals surface area contributed by atoms with Crippen LogP contribution in [0.4, 0.5) is 17.6 Å². The van der Waals surface area contributed by atoms with E-state index in [1.807, 2.05) is 0 Å². The number of hydrogen-bond donors (Lipinski definition) is 0. The molecule has 4 rings (SSSR count). The van der Waals surface area contributed by atoms with E-state index in [4.69, 9.17) is 4.52 Å². The van der Waals surface area contributed by atoms with Gasteiger partial charge >= 0.3 is 6.18 Å². The Morgan fingerprint density at radius 3 is 2.86 bits per heavy atom. The largest absolute Gasteiger partial charge is 0.404 e. The van der Waals surface area contributed by atoms with Gasteiger partial charge in [-0.05, 0) is 18.6 Å². The molecule has 1 aliphatic heterocycles. The zero-order valence-electron chi connectivity index (χ0n) is 15.2. The number of halogens is 4. The van der Waals surface area contributed by atoms with Crippen LogP contribution in [0.3, 0.4) is 0 Å². The summed E-state index contributed by atoms with van der Waals surface area (Å²) in [7, 11) is 0. The maximum absolute atomic E-state index is 14.1. The molecule has 1 saturated heterocycles. The Labute approximate surface area is 162 Å². The van der Waals surface area contributed by atoms with Gasteiger partial charge in [-0.1, -0.05) is 5.16 Å². The van der Waals surface area contributed by atoms with Crippen LogP contribution in [-0.4, -0.2) is 60.7 Å². The molecule has 0 spiro atoms. The first kappa shape index (κ1) is 19.4. The molecule has 0 aliphatic carbocycles. The third kappa shape index (κ3) is 3.59. The fourth-order valence-corrected chi connectivity index (χ4v) is 3.46. The minimum Gasteiger partial charge on any atom is -0.338 e. The fourth-order valence-electron chi connectivity index (χ4n) is 3.46. The van der Waals surface area contributed by atoms with E-state index < -0.39 is 24.2 Å². The number of hydrogen-bond acceptors (Lipinski definition) is 7. The van der Waals surface area contributed by atoms with Gasteiger partial charge in [0.15, 0.2) is 5.41 Å². The molecule has 3 aromatic rings. The quantitative estimate of drug-likeness (QED) is 0.576. The highest BCUT2D eigenvalue weighted by molar-refractivity contribution is 5.52. The predicted molar refractivity (Wildman–Crippen MR) is 91.2 cm³/mol. The molecule has 0 N–H and O–H groups in total. The van der Waals surface area contributed by atoms with Crippen molar-refractivity contribution in [3.8, 4) is 11.4 Å². The van der Waals surface area contributed by atoms with Crippen molar-refractivity contribution in [3.05, 3.63) is 42.6 Å². The van der Waals surface area contributed by atoms with Gasteiger partial charge < -0.3 is 4.52 Å². The van der Waals surface area contributed by atoms with E-state index in [-0.39, 0.29) is 38.4 Å². The third-order valence-corrected chi connectivity index (χ3v) is 5.00. The lowest BCUT2D eigenvalue weighted by molar-refractivity contribution is -0.193. The van der Waals surface area contributed by atoms with Gasteiger partial charge in [-0.25, -0.2) is 14.1 Å². The molecule has 0 saturated carbocycles. The second kappa shape index (κ2) is 7.50. The van der Waals surface area contributed by atoms with Crippen LogP contribution in [0, 0.1) is 0 Å². The summed E-state index contributed by atoms with van der Waals surface area (Å²) in [5, 5.41) is 7.61. The minimum absolute atomic E-state index is 0.00567. The second-order valence-corrected chi connectivity index (χ2v) is 6.79. The molecule has 1 aliphatic rings. The number of aryl methyl sites for hydroxylation is 1. The Kier molecular flexibility index (Phi) is 5.03. The summed E-state index contributed by atoms with van der Waals surface area (Å²) in [5.41, 5.74) is -1.82. The Hall–Kier alpha value is -2.89. The summed E-state index contributed by atoms with van der Waals surface area (Å²) >= 11 is 0. The summed E-state index contributed by atoms with van der Waals surface area (Å²) < 4.78 is 61.4. The molecule has 1 atom stereocenters. The van der Waals surface area contributed by atoms with Crippen molar-refractivity contribution in [3.63, 3.8) is 0 Å². The molecular formula is C17H17F4N7O. The van der Waals surface area contributed by atoms with Crippen LogP contribution in [0.1, 0.15) is 18.1 Å². The number of likely N-dealkylation sites (tertiary alicyclic amines) is 1. The van der Waals surface area contributed by atoms with E-state index >= 15 is 0 Å². The third-order valence-electron chi connectivity index (χ3n) is 5.00. The van der Waals surface area contributed by atoms with Gasteiger partial charge in [0.1, 0.15) is 18.8 Å². The Morgan fingerprint density at radius 1 is 1.28 bits per heavy atom. The average molecular weight is 411 g/mol. The molecule has 0 radical (unpaired) electrons. The van der Waals surface area contributed by atoms with Gasteiger partial charge in [-0.15, -0.1) is 0 Å². The lowest BCUT2D eigenvalue weighted by Gasteiger charge is -2.28.